The van der Waals surface area contributed by atoms with Crippen molar-refractivity contribution in [1.29, 1.82) is 0 Å². The largest absolute Gasteiger partial charge is 0.443 e. The second-order valence-electron chi connectivity index (χ2n) is 5.58. The smallest absolute Gasteiger partial charge is 0.417 e. The fourth-order valence-electron chi connectivity index (χ4n) is 1.83. The van der Waals surface area contributed by atoms with Gasteiger partial charge in [0.2, 0.25) is 0 Å². The van der Waals surface area contributed by atoms with Crippen molar-refractivity contribution in [1.82, 2.24) is 4.90 Å². The van der Waals surface area contributed by atoms with E-state index in [1.54, 1.807) is 32.9 Å². The van der Waals surface area contributed by atoms with Crippen molar-refractivity contribution in [2.45, 2.75) is 26.4 Å². The molecule has 0 spiro atoms. The predicted molar refractivity (Wildman–Crippen MR) is 77.4 cm³/mol. The van der Waals surface area contributed by atoms with Crippen LogP contribution >= 0.6 is 11.6 Å². The van der Waals surface area contributed by atoms with Crippen molar-refractivity contribution in [2.24, 2.45) is 0 Å². The molecule has 0 fully saturated rings. The quantitative estimate of drug-likeness (QED) is 0.796. The molecule has 106 valence electrons. The van der Waals surface area contributed by atoms with Crippen molar-refractivity contribution < 1.29 is 14.3 Å². The van der Waals surface area contributed by atoms with Crippen molar-refractivity contribution >= 4 is 29.2 Å². The highest BCUT2D eigenvalue weighted by Gasteiger charge is 2.31. The zero-order chi connectivity index (χ0) is 14.9. The summed E-state index contributed by atoms with van der Waals surface area (Å²) in [4.78, 5) is 24.9. The van der Waals surface area contributed by atoms with E-state index in [2.05, 4.69) is 0 Å². The lowest BCUT2D eigenvalue weighted by Gasteiger charge is -2.23. The summed E-state index contributed by atoms with van der Waals surface area (Å²) in [7, 11) is 0. The number of ether oxygens (including phenoxy) is 1. The maximum Gasteiger partial charge on any atom is 0.417 e. The molecule has 0 bridgehead atoms. The van der Waals surface area contributed by atoms with Gasteiger partial charge >= 0.3 is 6.09 Å². The Bertz CT molecular complexity index is 570. The number of imide groups is 1. The SMILES string of the molecule is CC(C)(C)OC(=O)N1CC(c2ccc(Cl)cc2)=CC1=O. The lowest BCUT2D eigenvalue weighted by Crippen LogP contribution is -2.38. The van der Waals surface area contributed by atoms with Crippen LogP contribution in [0.1, 0.15) is 26.3 Å². The van der Waals surface area contributed by atoms with Crippen LogP contribution in [0, 0.1) is 0 Å². The zero-order valence-corrected chi connectivity index (χ0v) is 12.4. The third-order valence-electron chi connectivity index (χ3n) is 2.72. The highest BCUT2D eigenvalue weighted by Crippen LogP contribution is 2.24. The van der Waals surface area contributed by atoms with Gasteiger partial charge in [-0.2, -0.15) is 0 Å². The molecule has 20 heavy (non-hydrogen) atoms. The molecule has 0 unspecified atom stereocenters. The lowest BCUT2D eigenvalue weighted by molar-refractivity contribution is -0.123. The van der Waals surface area contributed by atoms with Gasteiger partial charge in [-0.25, -0.2) is 9.69 Å². The Morgan fingerprint density at radius 2 is 1.85 bits per heavy atom. The highest BCUT2D eigenvalue weighted by atomic mass is 35.5. The predicted octanol–water partition coefficient (Wildman–Crippen LogP) is 3.50. The molecule has 0 radical (unpaired) electrons. The van der Waals surface area contributed by atoms with Crippen LogP contribution in [0.15, 0.2) is 30.3 Å². The van der Waals surface area contributed by atoms with E-state index < -0.39 is 11.7 Å². The second kappa shape index (κ2) is 5.29. The van der Waals surface area contributed by atoms with Gasteiger partial charge in [-0.15, -0.1) is 0 Å². The average molecular weight is 294 g/mol. The average Bonchev–Trinajstić information content (AvgIpc) is 2.70. The summed E-state index contributed by atoms with van der Waals surface area (Å²) in [6, 6.07) is 7.14. The first-order valence-corrected chi connectivity index (χ1v) is 6.65. The number of nitrogens with zero attached hydrogens (tertiary/aromatic N) is 1. The molecule has 0 saturated carbocycles. The molecule has 0 atom stereocenters. The van der Waals surface area contributed by atoms with Gasteiger partial charge in [0.1, 0.15) is 5.60 Å². The van der Waals surface area contributed by atoms with E-state index >= 15 is 0 Å². The zero-order valence-electron chi connectivity index (χ0n) is 11.6. The summed E-state index contributed by atoms with van der Waals surface area (Å²) in [5, 5.41) is 0.627. The molecule has 1 aliphatic rings. The number of amides is 2. The molecule has 2 rings (SSSR count). The Kier molecular flexibility index (Phi) is 3.86. The van der Waals surface area contributed by atoms with E-state index in [0.717, 1.165) is 16.0 Å². The number of halogens is 1. The van der Waals surface area contributed by atoms with E-state index in [1.807, 2.05) is 12.1 Å². The summed E-state index contributed by atoms with van der Waals surface area (Å²) < 4.78 is 5.21. The summed E-state index contributed by atoms with van der Waals surface area (Å²) in [5.41, 5.74) is 1.02. The molecular weight excluding hydrogens is 278 g/mol. The summed E-state index contributed by atoms with van der Waals surface area (Å²) in [6.45, 7) is 5.51. The standard InChI is InChI=1S/C15H16ClNO3/c1-15(2,3)20-14(19)17-9-11(8-13(17)18)10-4-6-12(16)7-5-10/h4-8H,9H2,1-3H3. The minimum absolute atomic E-state index is 0.218. The van der Waals surface area contributed by atoms with Crippen LogP contribution in [0.25, 0.3) is 5.57 Å². The van der Waals surface area contributed by atoms with Crippen LogP contribution in [-0.2, 0) is 9.53 Å². The van der Waals surface area contributed by atoms with Gasteiger partial charge < -0.3 is 4.74 Å². The van der Waals surface area contributed by atoms with Gasteiger partial charge in [0.25, 0.3) is 5.91 Å². The third-order valence-corrected chi connectivity index (χ3v) is 2.97. The second-order valence-corrected chi connectivity index (χ2v) is 6.02. The minimum Gasteiger partial charge on any atom is -0.443 e. The van der Waals surface area contributed by atoms with Crippen LogP contribution < -0.4 is 0 Å². The Labute approximate surface area is 123 Å². The summed E-state index contributed by atoms with van der Waals surface area (Å²) in [5.74, 6) is -0.357. The normalized spacial score (nSPS) is 15.3. The molecular formula is C15H16ClNO3. The number of carbonyl (C=O) groups is 2. The van der Waals surface area contributed by atoms with Crippen LogP contribution in [0.5, 0.6) is 0 Å². The van der Waals surface area contributed by atoms with Crippen molar-refractivity contribution in [3.05, 3.63) is 40.9 Å². The number of hydrogen-bond acceptors (Lipinski definition) is 3. The summed E-state index contributed by atoms with van der Waals surface area (Å²) >= 11 is 5.83. The molecule has 1 aliphatic heterocycles. The fourth-order valence-corrected chi connectivity index (χ4v) is 1.96. The molecule has 0 saturated heterocycles. The van der Waals surface area contributed by atoms with Gasteiger partial charge in [-0.1, -0.05) is 23.7 Å². The molecule has 1 heterocycles. The number of benzene rings is 1. The molecule has 1 aromatic carbocycles. The van der Waals surface area contributed by atoms with Crippen LogP contribution in [0.3, 0.4) is 0 Å². The maximum atomic E-state index is 11.9. The number of rotatable bonds is 1. The van der Waals surface area contributed by atoms with Crippen molar-refractivity contribution in [3.63, 3.8) is 0 Å². The maximum absolute atomic E-state index is 11.9. The van der Waals surface area contributed by atoms with Crippen molar-refractivity contribution in [2.75, 3.05) is 6.54 Å². The van der Waals surface area contributed by atoms with E-state index in [0.29, 0.717) is 5.02 Å². The first kappa shape index (κ1) is 14.6. The monoisotopic (exact) mass is 293 g/mol. The van der Waals surface area contributed by atoms with E-state index in [-0.39, 0.29) is 12.5 Å². The molecule has 2 amide bonds. The van der Waals surface area contributed by atoms with Crippen LogP contribution in [0.4, 0.5) is 4.79 Å². The topological polar surface area (TPSA) is 46.6 Å². The number of carbonyl (C=O) groups excluding carboxylic acids is 2. The molecule has 0 N–H and O–H groups in total. The Balaban J connectivity index is 2.11. The van der Waals surface area contributed by atoms with Gasteiger partial charge in [0, 0.05) is 11.1 Å². The summed E-state index contributed by atoms with van der Waals surface area (Å²) in [6.07, 6.45) is 0.829. The van der Waals surface area contributed by atoms with Crippen molar-refractivity contribution in [3.8, 4) is 0 Å². The first-order valence-electron chi connectivity index (χ1n) is 6.27. The van der Waals surface area contributed by atoms with E-state index in [4.69, 9.17) is 16.3 Å². The van der Waals surface area contributed by atoms with Gasteiger partial charge in [0.05, 0.1) is 6.54 Å². The highest BCUT2D eigenvalue weighted by molar-refractivity contribution is 6.30. The fraction of sp³-hybridized carbons (Fsp3) is 0.333. The van der Waals surface area contributed by atoms with Crippen LogP contribution in [0.2, 0.25) is 5.02 Å². The molecule has 5 heteroatoms. The van der Waals surface area contributed by atoms with Gasteiger partial charge in [0.15, 0.2) is 0 Å². The minimum atomic E-state index is -0.625. The van der Waals surface area contributed by atoms with Crippen LogP contribution in [-0.4, -0.2) is 29.0 Å². The van der Waals surface area contributed by atoms with Gasteiger partial charge in [-0.3, -0.25) is 4.79 Å². The van der Waals surface area contributed by atoms with Gasteiger partial charge in [-0.05, 0) is 44.0 Å². The Morgan fingerprint density at radius 1 is 1.25 bits per heavy atom. The Morgan fingerprint density at radius 3 is 2.40 bits per heavy atom. The Hall–Kier alpha value is -1.81. The first-order chi connectivity index (χ1) is 9.26. The molecule has 1 aromatic rings. The lowest BCUT2D eigenvalue weighted by atomic mass is 10.1. The molecule has 0 aliphatic carbocycles. The number of hydrogen-bond donors (Lipinski definition) is 0. The molecule has 0 aromatic heterocycles. The third kappa shape index (κ3) is 3.39. The molecule has 4 nitrogen and oxygen atoms in total. The van der Waals surface area contributed by atoms with E-state index in [1.165, 1.54) is 6.08 Å². The van der Waals surface area contributed by atoms with E-state index in [9.17, 15) is 9.59 Å².